The summed E-state index contributed by atoms with van der Waals surface area (Å²) in [6, 6.07) is 1.77. The molecule has 0 bridgehead atoms. The first-order valence-corrected chi connectivity index (χ1v) is 11.9. The molecule has 2 fully saturated rings. The van der Waals surface area contributed by atoms with Crippen molar-refractivity contribution in [3.8, 4) is 5.88 Å². The molecule has 184 valence electrons. The molecule has 0 spiro atoms. The van der Waals surface area contributed by atoms with Gasteiger partial charge in [-0.1, -0.05) is 13.8 Å². The van der Waals surface area contributed by atoms with Crippen LogP contribution in [0.5, 0.6) is 5.88 Å². The Bertz CT molecular complexity index is 870. The van der Waals surface area contributed by atoms with Gasteiger partial charge in [0.1, 0.15) is 5.69 Å². The highest BCUT2D eigenvalue weighted by atomic mass is 19.4. The van der Waals surface area contributed by atoms with E-state index in [1.54, 1.807) is 4.90 Å². The van der Waals surface area contributed by atoms with Crippen molar-refractivity contribution < 1.29 is 27.4 Å². The Hall–Kier alpha value is -1.87. The number of carbonyl (C=O) groups is 1. The number of pyridine rings is 1. The van der Waals surface area contributed by atoms with E-state index in [1.807, 2.05) is 0 Å². The highest BCUT2D eigenvalue weighted by Gasteiger charge is 2.50. The van der Waals surface area contributed by atoms with Gasteiger partial charge < -0.3 is 19.7 Å². The number of fused-ring (bicyclic) bond motifs is 1. The van der Waals surface area contributed by atoms with E-state index >= 15 is 0 Å². The fourth-order valence-electron chi connectivity index (χ4n) is 5.72. The zero-order valence-electron chi connectivity index (χ0n) is 19.6. The fraction of sp³-hybridized carbons (Fsp3) is 0.750. The average Bonchev–Trinajstić information content (AvgIpc) is 3.22. The molecule has 0 unspecified atom stereocenters. The lowest BCUT2D eigenvalue weighted by molar-refractivity contribution is -0.146. The van der Waals surface area contributed by atoms with E-state index in [-0.39, 0.29) is 30.3 Å². The van der Waals surface area contributed by atoms with Crippen LogP contribution in [0.25, 0.3) is 0 Å². The Kier molecular flexibility index (Phi) is 6.92. The minimum Gasteiger partial charge on any atom is -0.481 e. The van der Waals surface area contributed by atoms with Crippen LogP contribution >= 0.6 is 0 Å². The van der Waals surface area contributed by atoms with Crippen LogP contribution in [-0.4, -0.2) is 54.7 Å². The van der Waals surface area contributed by atoms with Crippen molar-refractivity contribution in [3.05, 3.63) is 22.9 Å². The highest BCUT2D eigenvalue weighted by Crippen LogP contribution is 2.47. The number of ether oxygens (including phenoxy) is 2. The molecule has 4 rings (SSSR count). The topological polar surface area (TPSA) is 63.7 Å². The second-order valence-electron chi connectivity index (χ2n) is 9.93. The van der Waals surface area contributed by atoms with Gasteiger partial charge in [-0.3, -0.25) is 4.79 Å². The molecule has 0 aromatic carbocycles. The van der Waals surface area contributed by atoms with Crippen LogP contribution < -0.4 is 10.1 Å². The Morgan fingerprint density at radius 1 is 1.27 bits per heavy atom. The predicted octanol–water partition coefficient (Wildman–Crippen LogP) is 3.96. The normalized spacial score (nSPS) is 26.5. The van der Waals surface area contributed by atoms with Crippen LogP contribution in [0.1, 0.15) is 62.8 Å². The quantitative estimate of drug-likeness (QED) is 0.708. The second kappa shape index (κ2) is 9.41. The molecule has 1 amide bonds. The summed E-state index contributed by atoms with van der Waals surface area (Å²) in [6.07, 6.45) is 0.328. The number of nitrogens with one attached hydrogen (secondary N) is 1. The van der Waals surface area contributed by atoms with Crippen LogP contribution in [0.2, 0.25) is 0 Å². The molecule has 1 saturated carbocycles. The van der Waals surface area contributed by atoms with E-state index in [0.29, 0.717) is 30.1 Å². The van der Waals surface area contributed by atoms with Crippen molar-refractivity contribution in [3.63, 3.8) is 0 Å². The number of carbonyl (C=O) groups excluding carboxylic acids is 1. The molecule has 2 aliphatic heterocycles. The number of halogens is 3. The molecule has 1 saturated heterocycles. The molecule has 6 nitrogen and oxygen atoms in total. The van der Waals surface area contributed by atoms with Crippen LogP contribution in [0.3, 0.4) is 0 Å². The number of amides is 1. The van der Waals surface area contributed by atoms with E-state index in [9.17, 15) is 18.0 Å². The van der Waals surface area contributed by atoms with Gasteiger partial charge in [-0.2, -0.15) is 13.2 Å². The summed E-state index contributed by atoms with van der Waals surface area (Å²) in [7, 11) is 1.33. The van der Waals surface area contributed by atoms with Crippen molar-refractivity contribution in [1.29, 1.82) is 0 Å². The molecule has 1 aliphatic carbocycles. The number of alkyl halides is 3. The van der Waals surface area contributed by atoms with E-state index in [0.717, 1.165) is 51.4 Å². The number of hydrogen-bond acceptors (Lipinski definition) is 5. The summed E-state index contributed by atoms with van der Waals surface area (Å²) in [4.78, 5) is 19.3. The monoisotopic (exact) mass is 469 g/mol. The third kappa shape index (κ3) is 4.85. The molecule has 3 aliphatic rings. The zero-order valence-corrected chi connectivity index (χ0v) is 19.6. The Morgan fingerprint density at radius 2 is 2.00 bits per heavy atom. The molecule has 9 heteroatoms. The van der Waals surface area contributed by atoms with Gasteiger partial charge in [0.25, 0.3) is 0 Å². The van der Waals surface area contributed by atoms with Gasteiger partial charge in [0, 0.05) is 44.0 Å². The molecular weight excluding hydrogens is 435 g/mol. The molecule has 3 heterocycles. The summed E-state index contributed by atoms with van der Waals surface area (Å²) in [5, 5.41) is 3.74. The maximum absolute atomic E-state index is 13.9. The first-order valence-electron chi connectivity index (χ1n) is 11.9. The summed E-state index contributed by atoms with van der Waals surface area (Å²) in [5.41, 5.74) is -0.335. The van der Waals surface area contributed by atoms with E-state index < -0.39 is 17.3 Å². The zero-order chi connectivity index (χ0) is 23.8. The lowest BCUT2D eigenvalue weighted by Gasteiger charge is -2.40. The van der Waals surface area contributed by atoms with Crippen molar-refractivity contribution in [2.24, 2.45) is 11.3 Å². The Labute approximate surface area is 193 Å². The van der Waals surface area contributed by atoms with Crippen molar-refractivity contribution >= 4 is 5.91 Å². The SMILES string of the molecule is COc1nc(C(F)(F)F)cc2c1CCN(C(=O)[C@]1(C(C)C)CC[C@H](NC3CCOCC3)C1)C2. The number of rotatable bonds is 5. The molecule has 1 N–H and O–H groups in total. The number of aromatic nitrogens is 1. The van der Waals surface area contributed by atoms with E-state index in [2.05, 4.69) is 24.1 Å². The standard InChI is InChI=1S/C24H34F3N3O3/c1-15(2)23(8-4-18(13-23)28-17-6-10-33-11-7-17)22(31)30-9-5-19-16(14-30)12-20(24(25,26)27)29-21(19)32-3/h12,15,17-18,28H,4-11,13-14H2,1-3H3/t18-,23+/m0/s1. The molecule has 33 heavy (non-hydrogen) atoms. The molecule has 0 radical (unpaired) electrons. The fourth-order valence-corrected chi connectivity index (χ4v) is 5.72. The largest absolute Gasteiger partial charge is 0.481 e. The third-order valence-electron chi connectivity index (χ3n) is 7.72. The highest BCUT2D eigenvalue weighted by molar-refractivity contribution is 5.84. The van der Waals surface area contributed by atoms with E-state index in [1.165, 1.54) is 7.11 Å². The van der Waals surface area contributed by atoms with Gasteiger partial charge in [-0.25, -0.2) is 4.98 Å². The summed E-state index contributed by atoms with van der Waals surface area (Å²) in [6.45, 7) is 6.32. The van der Waals surface area contributed by atoms with Crippen LogP contribution in [0.15, 0.2) is 6.07 Å². The average molecular weight is 470 g/mol. The molecule has 2 atom stereocenters. The van der Waals surface area contributed by atoms with Gasteiger partial charge >= 0.3 is 6.18 Å². The van der Waals surface area contributed by atoms with Crippen molar-refractivity contribution in [1.82, 2.24) is 15.2 Å². The number of nitrogens with zero attached hydrogens (tertiary/aromatic N) is 2. The smallest absolute Gasteiger partial charge is 0.433 e. The summed E-state index contributed by atoms with van der Waals surface area (Å²) < 4.78 is 50.7. The predicted molar refractivity (Wildman–Crippen MR) is 117 cm³/mol. The third-order valence-corrected chi connectivity index (χ3v) is 7.72. The number of methoxy groups -OCH3 is 1. The maximum Gasteiger partial charge on any atom is 0.433 e. The first-order chi connectivity index (χ1) is 15.6. The van der Waals surface area contributed by atoms with Crippen molar-refractivity contribution in [2.45, 2.75) is 77.2 Å². The lowest BCUT2D eigenvalue weighted by Crippen LogP contribution is -2.49. The van der Waals surface area contributed by atoms with Gasteiger partial charge in [0.15, 0.2) is 0 Å². The van der Waals surface area contributed by atoms with Crippen LogP contribution in [0.4, 0.5) is 13.2 Å². The van der Waals surface area contributed by atoms with Crippen LogP contribution in [0, 0.1) is 11.3 Å². The Balaban J connectivity index is 1.52. The minimum absolute atomic E-state index is 0.00656. The van der Waals surface area contributed by atoms with Crippen molar-refractivity contribution in [2.75, 3.05) is 26.9 Å². The Morgan fingerprint density at radius 3 is 2.64 bits per heavy atom. The molecule has 1 aromatic heterocycles. The van der Waals surface area contributed by atoms with Crippen LogP contribution in [-0.2, 0) is 28.7 Å². The first kappa shape index (κ1) is 24.3. The lowest BCUT2D eigenvalue weighted by atomic mass is 9.73. The van der Waals surface area contributed by atoms with Gasteiger partial charge in [0.05, 0.1) is 12.5 Å². The van der Waals surface area contributed by atoms with Gasteiger partial charge in [-0.05, 0) is 56.1 Å². The van der Waals surface area contributed by atoms with E-state index in [4.69, 9.17) is 9.47 Å². The number of hydrogen-bond donors (Lipinski definition) is 1. The second-order valence-corrected chi connectivity index (χ2v) is 9.93. The molecular formula is C24H34F3N3O3. The molecule has 1 aromatic rings. The van der Waals surface area contributed by atoms with Gasteiger partial charge in [-0.15, -0.1) is 0 Å². The summed E-state index contributed by atoms with van der Waals surface area (Å²) in [5.74, 6) is 0.210. The maximum atomic E-state index is 13.9. The summed E-state index contributed by atoms with van der Waals surface area (Å²) >= 11 is 0. The minimum atomic E-state index is -4.57. The van der Waals surface area contributed by atoms with Gasteiger partial charge in [0.2, 0.25) is 11.8 Å².